The number of rotatable bonds is 2. The van der Waals surface area contributed by atoms with Gasteiger partial charge < -0.3 is 5.32 Å². The first-order valence-electron chi connectivity index (χ1n) is 5.10. The normalized spacial score (nSPS) is 19.9. The quantitative estimate of drug-likeness (QED) is 0.844. The summed E-state index contributed by atoms with van der Waals surface area (Å²) in [7, 11) is 0. The van der Waals surface area contributed by atoms with E-state index in [0.717, 1.165) is 30.8 Å². The second-order valence-electron chi connectivity index (χ2n) is 3.62. The lowest BCUT2D eigenvalue weighted by molar-refractivity contribution is -0.118. The molecule has 1 fully saturated rings. The lowest BCUT2D eigenvalue weighted by Gasteiger charge is -2.21. The van der Waals surface area contributed by atoms with Crippen molar-refractivity contribution in [2.75, 3.05) is 11.9 Å². The molecule has 1 aliphatic heterocycles. The number of halogens is 1. The molecule has 0 spiro atoms. The fraction of sp³-hybridized carbons (Fsp3) is 0.667. The first-order valence-corrected chi connectivity index (χ1v) is 5.92. The Morgan fingerprint density at radius 1 is 1.50 bits per heavy atom. The number of hydrogen-bond donors (Lipinski definition) is 2. The van der Waals surface area contributed by atoms with E-state index >= 15 is 0 Å². The Balaban J connectivity index is 0.00000128. The molecule has 2 rings (SSSR count). The summed E-state index contributed by atoms with van der Waals surface area (Å²) < 4.78 is 0. The zero-order valence-corrected chi connectivity index (χ0v) is 10.7. The maximum atomic E-state index is 11.7. The highest BCUT2D eigenvalue weighted by Crippen LogP contribution is 2.15. The van der Waals surface area contributed by atoms with Gasteiger partial charge in [-0.05, 0) is 26.3 Å². The van der Waals surface area contributed by atoms with E-state index in [4.69, 9.17) is 0 Å². The maximum absolute atomic E-state index is 11.7. The van der Waals surface area contributed by atoms with Gasteiger partial charge in [0.25, 0.3) is 0 Å². The van der Waals surface area contributed by atoms with E-state index in [-0.39, 0.29) is 24.4 Å². The fourth-order valence-electron chi connectivity index (χ4n) is 1.62. The van der Waals surface area contributed by atoms with Crippen molar-refractivity contribution >= 4 is 34.8 Å². The molecular formula is C9H15ClN4OS. The summed E-state index contributed by atoms with van der Waals surface area (Å²) in [5.74, 6) is 0.00542. The molecule has 1 atom stereocenters. The summed E-state index contributed by atoms with van der Waals surface area (Å²) in [6.45, 7) is 2.79. The monoisotopic (exact) mass is 262 g/mol. The van der Waals surface area contributed by atoms with E-state index in [0.29, 0.717) is 5.13 Å². The van der Waals surface area contributed by atoms with Gasteiger partial charge in [-0.25, -0.2) is 0 Å². The molecule has 7 heteroatoms. The van der Waals surface area contributed by atoms with Crippen molar-refractivity contribution < 1.29 is 4.79 Å². The Morgan fingerprint density at radius 3 is 2.88 bits per heavy atom. The molecule has 0 aliphatic carbocycles. The van der Waals surface area contributed by atoms with Crippen LogP contribution in [0.25, 0.3) is 0 Å². The average Bonchev–Trinajstić information content (AvgIpc) is 2.65. The topological polar surface area (TPSA) is 66.9 Å². The number of amides is 1. The second kappa shape index (κ2) is 6.12. The summed E-state index contributed by atoms with van der Waals surface area (Å²) in [4.78, 5) is 11.7. The number of hydrogen-bond acceptors (Lipinski definition) is 5. The molecule has 1 aromatic rings. The van der Waals surface area contributed by atoms with Crippen LogP contribution in [0.4, 0.5) is 5.13 Å². The minimum atomic E-state index is -0.0667. The highest BCUT2D eigenvalue weighted by Gasteiger charge is 2.21. The largest absolute Gasteiger partial charge is 0.306 e. The number of nitrogens with zero attached hydrogens (tertiary/aromatic N) is 2. The van der Waals surface area contributed by atoms with Crippen LogP contribution in [0.5, 0.6) is 0 Å². The predicted octanol–water partition coefficient (Wildman–Crippen LogP) is 1.35. The summed E-state index contributed by atoms with van der Waals surface area (Å²) in [5, 5.41) is 15.1. The van der Waals surface area contributed by atoms with Gasteiger partial charge in [-0.1, -0.05) is 17.8 Å². The van der Waals surface area contributed by atoms with Crippen LogP contribution in [-0.2, 0) is 4.79 Å². The lowest BCUT2D eigenvalue weighted by Crippen LogP contribution is -2.43. The molecule has 2 N–H and O–H groups in total. The predicted molar refractivity (Wildman–Crippen MR) is 66.2 cm³/mol. The summed E-state index contributed by atoms with van der Waals surface area (Å²) in [6, 6.07) is -0.0667. The van der Waals surface area contributed by atoms with E-state index < -0.39 is 0 Å². The molecule has 90 valence electrons. The zero-order chi connectivity index (χ0) is 10.7. The number of piperidine rings is 1. The molecule has 1 amide bonds. The van der Waals surface area contributed by atoms with E-state index in [1.54, 1.807) is 0 Å². The molecule has 1 aliphatic rings. The van der Waals surface area contributed by atoms with E-state index in [1.807, 2.05) is 6.92 Å². The number of nitrogens with one attached hydrogen (secondary N) is 2. The molecule has 2 heterocycles. The SMILES string of the molecule is Cc1nnc(NC(=O)[C@@H]2CCCCN2)s1.Cl. The Bertz CT molecular complexity index is 351. The molecule has 16 heavy (non-hydrogen) atoms. The third-order valence-electron chi connectivity index (χ3n) is 2.38. The first-order chi connectivity index (χ1) is 7.25. The zero-order valence-electron chi connectivity index (χ0n) is 9.02. The van der Waals surface area contributed by atoms with Gasteiger partial charge in [0.1, 0.15) is 5.01 Å². The molecule has 1 aromatic heterocycles. The van der Waals surface area contributed by atoms with E-state index in [9.17, 15) is 4.79 Å². The smallest absolute Gasteiger partial charge is 0.243 e. The van der Waals surface area contributed by atoms with Crippen LogP contribution in [0.2, 0.25) is 0 Å². The van der Waals surface area contributed by atoms with Gasteiger partial charge in [0.15, 0.2) is 0 Å². The van der Waals surface area contributed by atoms with Crippen molar-refractivity contribution in [1.82, 2.24) is 15.5 Å². The lowest BCUT2D eigenvalue weighted by atomic mass is 10.0. The number of aromatic nitrogens is 2. The van der Waals surface area contributed by atoms with Crippen LogP contribution < -0.4 is 10.6 Å². The van der Waals surface area contributed by atoms with Crippen LogP contribution >= 0.6 is 23.7 Å². The molecule has 0 saturated carbocycles. The Morgan fingerprint density at radius 2 is 2.31 bits per heavy atom. The van der Waals surface area contributed by atoms with Gasteiger partial charge in [-0.15, -0.1) is 22.6 Å². The van der Waals surface area contributed by atoms with E-state index in [1.165, 1.54) is 11.3 Å². The summed E-state index contributed by atoms with van der Waals surface area (Å²) in [6.07, 6.45) is 3.17. The minimum absolute atomic E-state index is 0. The maximum Gasteiger partial charge on any atom is 0.243 e. The van der Waals surface area contributed by atoms with Crippen LogP contribution in [0, 0.1) is 6.92 Å². The molecule has 1 saturated heterocycles. The Kier molecular flexibility index (Phi) is 5.11. The van der Waals surface area contributed by atoms with Crippen LogP contribution in [-0.4, -0.2) is 28.7 Å². The Labute approximate surface area is 104 Å². The second-order valence-corrected chi connectivity index (χ2v) is 4.80. The van der Waals surface area contributed by atoms with Crippen molar-refractivity contribution in [3.63, 3.8) is 0 Å². The van der Waals surface area contributed by atoms with Crippen LogP contribution in [0.3, 0.4) is 0 Å². The highest BCUT2D eigenvalue weighted by atomic mass is 35.5. The molecule has 5 nitrogen and oxygen atoms in total. The van der Waals surface area contributed by atoms with Crippen LogP contribution in [0.15, 0.2) is 0 Å². The van der Waals surface area contributed by atoms with Gasteiger partial charge in [-0.3, -0.25) is 10.1 Å². The fourth-order valence-corrected chi connectivity index (χ4v) is 2.21. The molecule has 0 radical (unpaired) electrons. The summed E-state index contributed by atoms with van der Waals surface area (Å²) >= 11 is 1.40. The van der Waals surface area contributed by atoms with Gasteiger partial charge >= 0.3 is 0 Å². The van der Waals surface area contributed by atoms with Gasteiger partial charge in [0, 0.05) is 0 Å². The number of anilines is 1. The van der Waals surface area contributed by atoms with Gasteiger partial charge in [0.2, 0.25) is 11.0 Å². The molecule has 0 bridgehead atoms. The average molecular weight is 263 g/mol. The third kappa shape index (κ3) is 3.40. The van der Waals surface area contributed by atoms with Crippen LogP contribution in [0.1, 0.15) is 24.3 Å². The van der Waals surface area contributed by atoms with Crippen molar-refractivity contribution in [3.05, 3.63) is 5.01 Å². The van der Waals surface area contributed by atoms with Gasteiger partial charge in [-0.2, -0.15) is 0 Å². The molecule has 0 aromatic carbocycles. The first kappa shape index (κ1) is 13.3. The molecule has 0 unspecified atom stereocenters. The number of carbonyl (C=O) groups is 1. The van der Waals surface area contributed by atoms with Crippen molar-refractivity contribution in [2.45, 2.75) is 32.2 Å². The van der Waals surface area contributed by atoms with E-state index in [2.05, 4.69) is 20.8 Å². The highest BCUT2D eigenvalue weighted by molar-refractivity contribution is 7.15. The molecular weight excluding hydrogens is 248 g/mol. The Hall–Kier alpha value is -0.720. The minimum Gasteiger partial charge on any atom is -0.306 e. The summed E-state index contributed by atoms with van der Waals surface area (Å²) in [5.41, 5.74) is 0. The third-order valence-corrected chi connectivity index (χ3v) is 3.14. The van der Waals surface area contributed by atoms with Crippen molar-refractivity contribution in [1.29, 1.82) is 0 Å². The van der Waals surface area contributed by atoms with Gasteiger partial charge in [0.05, 0.1) is 6.04 Å². The van der Waals surface area contributed by atoms with Crippen molar-refractivity contribution in [3.8, 4) is 0 Å². The number of aryl methyl sites for hydroxylation is 1. The standard InChI is InChI=1S/C9H14N4OS.ClH/c1-6-12-13-9(15-6)11-8(14)7-4-2-3-5-10-7;/h7,10H,2-5H2,1H3,(H,11,13,14);1H/t7-;/m0./s1. The van der Waals surface area contributed by atoms with Crippen molar-refractivity contribution in [2.24, 2.45) is 0 Å². The number of carbonyl (C=O) groups excluding carboxylic acids is 1.